The number of hydrogen-bond donors (Lipinski definition) is 2. The molecule has 1 rings (SSSR count). The summed E-state index contributed by atoms with van der Waals surface area (Å²) in [6, 6.07) is 1.80. The second-order valence-corrected chi connectivity index (χ2v) is 5.63. The van der Waals surface area contributed by atoms with Gasteiger partial charge in [0.25, 0.3) is 15.7 Å². The van der Waals surface area contributed by atoms with E-state index in [4.69, 9.17) is 16.7 Å². The second-order valence-electron chi connectivity index (χ2n) is 3.58. The highest BCUT2D eigenvalue weighted by molar-refractivity contribution is 7.89. The molecule has 0 heterocycles. The van der Waals surface area contributed by atoms with Crippen molar-refractivity contribution in [2.75, 3.05) is 6.61 Å². The molecule has 0 fully saturated rings. The standard InChI is InChI=1S/C9H9ClN2O7S/c1-5-7(10)2-6(3-8(5)12(15)16)20(17,18)11-19-4-9(13)14/h2-3,11H,4H2,1H3,(H,13,14). The van der Waals surface area contributed by atoms with Crippen LogP contribution in [0.4, 0.5) is 5.69 Å². The van der Waals surface area contributed by atoms with E-state index in [1.54, 1.807) is 0 Å². The van der Waals surface area contributed by atoms with Crippen LogP contribution in [0.2, 0.25) is 5.02 Å². The van der Waals surface area contributed by atoms with Gasteiger partial charge >= 0.3 is 5.97 Å². The van der Waals surface area contributed by atoms with E-state index in [1.807, 2.05) is 0 Å². The van der Waals surface area contributed by atoms with Crippen LogP contribution in [0.1, 0.15) is 5.56 Å². The maximum atomic E-state index is 11.7. The molecular formula is C9H9ClN2O7S. The van der Waals surface area contributed by atoms with Gasteiger partial charge in [-0.3, -0.25) is 15.0 Å². The molecule has 1 aromatic rings. The molecular weight excluding hydrogens is 316 g/mol. The SMILES string of the molecule is Cc1c(Cl)cc(S(=O)(=O)NOCC(=O)O)cc1[N+](=O)[O-]. The summed E-state index contributed by atoms with van der Waals surface area (Å²) >= 11 is 5.72. The zero-order valence-corrected chi connectivity index (χ0v) is 11.6. The van der Waals surface area contributed by atoms with Gasteiger partial charge < -0.3 is 5.11 Å². The highest BCUT2D eigenvalue weighted by atomic mass is 35.5. The smallest absolute Gasteiger partial charge is 0.331 e. The molecule has 0 aliphatic heterocycles. The molecule has 9 nitrogen and oxygen atoms in total. The number of aliphatic carboxylic acids is 1. The van der Waals surface area contributed by atoms with E-state index < -0.39 is 38.1 Å². The van der Waals surface area contributed by atoms with Crippen molar-refractivity contribution in [3.63, 3.8) is 0 Å². The summed E-state index contributed by atoms with van der Waals surface area (Å²) in [5.41, 5.74) is -0.363. The first-order chi connectivity index (χ1) is 9.15. The predicted octanol–water partition coefficient (Wildman–Crippen LogP) is 0.851. The quantitative estimate of drug-likeness (QED) is 0.584. The van der Waals surface area contributed by atoms with Crippen LogP contribution < -0.4 is 4.89 Å². The molecule has 0 atom stereocenters. The van der Waals surface area contributed by atoms with Crippen LogP contribution in [0.15, 0.2) is 17.0 Å². The van der Waals surface area contributed by atoms with Gasteiger partial charge in [-0.1, -0.05) is 16.5 Å². The summed E-state index contributed by atoms with van der Waals surface area (Å²) in [5.74, 6) is -1.39. The molecule has 20 heavy (non-hydrogen) atoms. The summed E-state index contributed by atoms with van der Waals surface area (Å²) < 4.78 is 23.5. The third-order valence-corrected chi connectivity index (χ3v) is 3.75. The van der Waals surface area contributed by atoms with E-state index >= 15 is 0 Å². The molecule has 1 aromatic carbocycles. The third kappa shape index (κ3) is 3.87. The minimum atomic E-state index is -4.28. The highest BCUT2D eigenvalue weighted by Crippen LogP contribution is 2.29. The Labute approximate surface area is 118 Å². The van der Waals surface area contributed by atoms with Gasteiger partial charge in [-0.25, -0.2) is 13.2 Å². The summed E-state index contributed by atoms with van der Waals surface area (Å²) in [6.45, 7) is 0.464. The lowest BCUT2D eigenvalue weighted by Gasteiger charge is -2.07. The maximum Gasteiger partial charge on any atom is 0.331 e. The number of rotatable bonds is 6. The van der Waals surface area contributed by atoms with Crippen LogP contribution in [-0.4, -0.2) is 31.0 Å². The normalized spacial score (nSPS) is 11.3. The van der Waals surface area contributed by atoms with Gasteiger partial charge in [0.15, 0.2) is 6.61 Å². The van der Waals surface area contributed by atoms with Crippen LogP contribution in [0, 0.1) is 17.0 Å². The Hall–Kier alpha value is -1.75. The van der Waals surface area contributed by atoms with E-state index in [2.05, 4.69) is 4.84 Å². The molecule has 0 spiro atoms. The molecule has 0 saturated heterocycles. The lowest BCUT2D eigenvalue weighted by Crippen LogP contribution is -2.27. The number of nitrogens with one attached hydrogen (secondary N) is 1. The highest BCUT2D eigenvalue weighted by Gasteiger charge is 2.22. The first kappa shape index (κ1) is 16.3. The first-order valence-corrected chi connectivity index (χ1v) is 6.81. The summed E-state index contributed by atoms with van der Waals surface area (Å²) in [6.07, 6.45) is 0. The van der Waals surface area contributed by atoms with Gasteiger partial charge in [0.05, 0.1) is 14.8 Å². The van der Waals surface area contributed by atoms with Crippen LogP contribution >= 0.6 is 11.6 Å². The third-order valence-electron chi connectivity index (χ3n) is 2.16. The molecule has 0 unspecified atom stereocenters. The number of nitro groups is 1. The van der Waals surface area contributed by atoms with Crippen molar-refractivity contribution >= 4 is 33.3 Å². The van der Waals surface area contributed by atoms with Crippen molar-refractivity contribution in [2.24, 2.45) is 0 Å². The Morgan fingerprint density at radius 2 is 2.15 bits per heavy atom. The zero-order chi connectivity index (χ0) is 15.5. The van der Waals surface area contributed by atoms with Crippen LogP contribution in [0.3, 0.4) is 0 Å². The van der Waals surface area contributed by atoms with Crippen LogP contribution in [0.5, 0.6) is 0 Å². The molecule has 0 bridgehead atoms. The molecule has 0 radical (unpaired) electrons. The monoisotopic (exact) mass is 324 g/mol. The van der Waals surface area contributed by atoms with Gasteiger partial charge in [0.2, 0.25) is 0 Å². The molecule has 11 heteroatoms. The van der Waals surface area contributed by atoms with Crippen LogP contribution in [-0.2, 0) is 19.7 Å². The zero-order valence-electron chi connectivity index (χ0n) is 9.99. The van der Waals surface area contributed by atoms with Crippen molar-refractivity contribution in [3.05, 3.63) is 32.8 Å². The molecule has 0 amide bonds. The largest absolute Gasteiger partial charge is 0.479 e. The average molecular weight is 325 g/mol. The van der Waals surface area contributed by atoms with Crippen molar-refractivity contribution < 1.29 is 28.1 Å². The fraction of sp³-hybridized carbons (Fsp3) is 0.222. The first-order valence-electron chi connectivity index (χ1n) is 4.95. The van der Waals surface area contributed by atoms with E-state index in [1.165, 1.54) is 11.8 Å². The Kier molecular flexibility index (Phi) is 5.00. The fourth-order valence-electron chi connectivity index (χ4n) is 1.20. The molecule has 0 aliphatic rings. The number of nitrogens with zero attached hydrogens (tertiary/aromatic N) is 1. The molecule has 0 aromatic heterocycles. The van der Waals surface area contributed by atoms with Gasteiger partial charge in [-0.15, -0.1) is 0 Å². The van der Waals surface area contributed by atoms with Crippen molar-refractivity contribution in [3.8, 4) is 0 Å². The number of carboxylic acids is 1. The van der Waals surface area contributed by atoms with Crippen molar-refractivity contribution in [1.29, 1.82) is 0 Å². The van der Waals surface area contributed by atoms with Crippen molar-refractivity contribution in [2.45, 2.75) is 11.8 Å². The number of nitro benzene ring substituents is 1. The van der Waals surface area contributed by atoms with Gasteiger partial charge in [0, 0.05) is 11.6 Å². The summed E-state index contributed by atoms with van der Waals surface area (Å²) in [7, 11) is -4.28. The number of halogens is 1. The molecule has 0 saturated carbocycles. The molecule has 110 valence electrons. The predicted molar refractivity (Wildman–Crippen MR) is 66.8 cm³/mol. The fourth-order valence-corrected chi connectivity index (χ4v) is 2.33. The van der Waals surface area contributed by atoms with E-state index in [0.717, 1.165) is 12.1 Å². The van der Waals surface area contributed by atoms with Gasteiger partial charge in [-0.2, -0.15) is 0 Å². The van der Waals surface area contributed by atoms with Gasteiger partial charge in [-0.05, 0) is 13.0 Å². The molecule has 2 N–H and O–H groups in total. The van der Waals surface area contributed by atoms with Crippen molar-refractivity contribution in [1.82, 2.24) is 4.89 Å². The van der Waals surface area contributed by atoms with E-state index in [0.29, 0.717) is 0 Å². The Bertz CT molecular complexity index is 659. The summed E-state index contributed by atoms with van der Waals surface area (Å²) in [4.78, 5) is 25.4. The summed E-state index contributed by atoms with van der Waals surface area (Å²) in [5, 5.41) is 19.0. The molecule has 0 aliphatic carbocycles. The Morgan fingerprint density at radius 3 is 2.65 bits per heavy atom. The van der Waals surface area contributed by atoms with Crippen LogP contribution in [0.25, 0.3) is 0 Å². The number of carboxylic acid groups (broad SMARTS) is 1. The minimum Gasteiger partial charge on any atom is -0.479 e. The average Bonchev–Trinajstić information content (AvgIpc) is 2.31. The Balaban J connectivity index is 3.13. The number of benzene rings is 1. The number of carbonyl (C=O) groups is 1. The Morgan fingerprint density at radius 1 is 1.55 bits per heavy atom. The minimum absolute atomic E-state index is 0.113. The second kappa shape index (κ2) is 6.13. The lowest BCUT2D eigenvalue weighted by molar-refractivity contribution is -0.385. The maximum absolute atomic E-state index is 11.7. The van der Waals surface area contributed by atoms with E-state index in [9.17, 15) is 23.3 Å². The van der Waals surface area contributed by atoms with E-state index in [-0.39, 0.29) is 10.6 Å². The van der Waals surface area contributed by atoms with Gasteiger partial charge in [0.1, 0.15) is 0 Å². The number of hydrogen-bond acceptors (Lipinski definition) is 6. The topological polar surface area (TPSA) is 136 Å². The number of sulfonamides is 1. The lowest BCUT2D eigenvalue weighted by atomic mass is 10.2.